The maximum atomic E-state index is 14.0. The zero-order chi connectivity index (χ0) is 13.4. The molecule has 1 aliphatic rings. The van der Waals surface area contributed by atoms with Gasteiger partial charge in [-0.1, -0.05) is 51.8 Å². The number of aliphatic hydroxyl groups is 1. The second-order valence-electron chi connectivity index (χ2n) is 6.57. The Morgan fingerprint density at radius 2 is 1.89 bits per heavy atom. The molecule has 0 aromatic heterocycles. The van der Waals surface area contributed by atoms with Crippen LogP contribution in [0.3, 0.4) is 0 Å². The van der Waals surface area contributed by atoms with Crippen molar-refractivity contribution < 1.29 is 9.50 Å². The van der Waals surface area contributed by atoms with Gasteiger partial charge < -0.3 is 5.11 Å². The number of rotatable bonds is 1. The summed E-state index contributed by atoms with van der Waals surface area (Å²) >= 11 is 0. The third-order valence-electron chi connectivity index (χ3n) is 4.26. The molecule has 1 saturated carbocycles. The van der Waals surface area contributed by atoms with Gasteiger partial charge in [0.15, 0.2) is 0 Å². The smallest absolute Gasteiger partial charge is 0.129 e. The molecule has 1 nitrogen and oxygen atoms in total. The molecule has 0 bridgehead atoms. The van der Waals surface area contributed by atoms with Crippen molar-refractivity contribution in [1.82, 2.24) is 0 Å². The highest BCUT2D eigenvalue weighted by Crippen LogP contribution is 2.50. The zero-order valence-corrected chi connectivity index (χ0v) is 11.5. The van der Waals surface area contributed by atoms with Gasteiger partial charge in [0.25, 0.3) is 0 Å². The lowest BCUT2D eigenvalue weighted by molar-refractivity contribution is -0.0980. The lowest BCUT2D eigenvalue weighted by Gasteiger charge is -2.47. The maximum absolute atomic E-state index is 14.0. The van der Waals surface area contributed by atoms with Crippen LogP contribution in [0.2, 0.25) is 0 Å². The van der Waals surface area contributed by atoms with Gasteiger partial charge in [-0.2, -0.15) is 0 Å². The van der Waals surface area contributed by atoms with Gasteiger partial charge in [-0.15, -0.1) is 0 Å². The highest BCUT2D eigenvalue weighted by atomic mass is 19.1. The van der Waals surface area contributed by atoms with Crippen molar-refractivity contribution in [2.45, 2.75) is 52.1 Å². The zero-order valence-electron chi connectivity index (χ0n) is 11.5. The molecule has 1 aromatic rings. The Balaban J connectivity index is 2.46. The average molecular weight is 250 g/mol. The second-order valence-corrected chi connectivity index (χ2v) is 6.57. The normalized spacial score (nSPS) is 29.3. The number of halogens is 1. The van der Waals surface area contributed by atoms with Gasteiger partial charge in [0.1, 0.15) is 5.82 Å². The minimum absolute atomic E-state index is 0.0164. The Morgan fingerprint density at radius 1 is 1.22 bits per heavy atom. The summed E-state index contributed by atoms with van der Waals surface area (Å²) in [5.74, 6) is -0.174. The van der Waals surface area contributed by atoms with E-state index in [4.69, 9.17) is 0 Å². The van der Waals surface area contributed by atoms with Crippen LogP contribution in [0.25, 0.3) is 0 Å². The molecular weight excluding hydrogens is 227 g/mol. The summed E-state index contributed by atoms with van der Waals surface area (Å²) in [6, 6.07) is 6.67. The van der Waals surface area contributed by atoms with Crippen molar-refractivity contribution >= 4 is 0 Å². The highest BCUT2D eigenvalue weighted by molar-refractivity contribution is 5.26. The molecule has 0 spiro atoms. The molecule has 2 unspecified atom stereocenters. The Morgan fingerprint density at radius 3 is 2.50 bits per heavy atom. The third kappa shape index (κ3) is 2.31. The maximum Gasteiger partial charge on any atom is 0.129 e. The topological polar surface area (TPSA) is 20.2 Å². The molecule has 0 heterocycles. The van der Waals surface area contributed by atoms with Crippen LogP contribution in [-0.4, -0.2) is 5.11 Å². The monoisotopic (exact) mass is 250 g/mol. The van der Waals surface area contributed by atoms with E-state index in [1.165, 1.54) is 6.07 Å². The molecule has 1 fully saturated rings. The first-order valence-corrected chi connectivity index (χ1v) is 6.83. The van der Waals surface area contributed by atoms with Gasteiger partial charge >= 0.3 is 0 Å². The molecule has 0 aliphatic heterocycles. The Bertz CT molecular complexity index is 421. The van der Waals surface area contributed by atoms with Crippen LogP contribution < -0.4 is 0 Å². The van der Waals surface area contributed by atoms with E-state index in [2.05, 4.69) is 20.8 Å². The fraction of sp³-hybridized carbons (Fsp3) is 0.625. The first-order valence-electron chi connectivity index (χ1n) is 6.83. The molecule has 2 atom stereocenters. The van der Waals surface area contributed by atoms with Gasteiger partial charge in [-0.25, -0.2) is 4.39 Å². The van der Waals surface area contributed by atoms with Crippen LogP contribution in [0.4, 0.5) is 4.39 Å². The van der Waals surface area contributed by atoms with Crippen LogP contribution >= 0.6 is 0 Å². The molecule has 2 heteroatoms. The fourth-order valence-corrected chi connectivity index (χ4v) is 3.44. The standard InChI is InChI=1S/C16H23FO/c1-15(2,3)14-10-6-7-11-16(14,18)12-8-4-5-9-13(12)17/h4-5,8-9,14,18H,6-7,10-11H2,1-3H3. The highest BCUT2D eigenvalue weighted by Gasteiger charge is 2.46. The van der Waals surface area contributed by atoms with Gasteiger partial charge in [-0.3, -0.25) is 0 Å². The molecule has 2 rings (SSSR count). The Hall–Kier alpha value is -0.890. The predicted molar refractivity (Wildman–Crippen MR) is 71.7 cm³/mol. The first kappa shape index (κ1) is 13.5. The van der Waals surface area contributed by atoms with Gasteiger partial charge in [0, 0.05) is 5.56 Å². The van der Waals surface area contributed by atoms with Crippen molar-refractivity contribution in [2.75, 3.05) is 0 Å². The van der Waals surface area contributed by atoms with E-state index in [1.807, 2.05) is 6.07 Å². The van der Waals surface area contributed by atoms with E-state index in [-0.39, 0.29) is 17.2 Å². The summed E-state index contributed by atoms with van der Waals surface area (Å²) in [4.78, 5) is 0. The van der Waals surface area contributed by atoms with Crippen molar-refractivity contribution in [1.29, 1.82) is 0 Å². The van der Waals surface area contributed by atoms with Gasteiger partial charge in [0.05, 0.1) is 5.60 Å². The summed E-state index contributed by atoms with van der Waals surface area (Å²) in [6.07, 6.45) is 3.72. The van der Waals surface area contributed by atoms with E-state index >= 15 is 0 Å². The van der Waals surface area contributed by atoms with Crippen LogP contribution in [0.15, 0.2) is 24.3 Å². The van der Waals surface area contributed by atoms with Crippen LogP contribution in [0.1, 0.15) is 52.0 Å². The summed E-state index contributed by atoms with van der Waals surface area (Å²) in [5, 5.41) is 11.1. The van der Waals surface area contributed by atoms with Crippen molar-refractivity contribution in [2.24, 2.45) is 11.3 Å². The van der Waals surface area contributed by atoms with Crippen molar-refractivity contribution in [3.8, 4) is 0 Å². The molecule has 1 N–H and O–H groups in total. The lowest BCUT2D eigenvalue weighted by Crippen LogP contribution is -2.45. The SMILES string of the molecule is CC(C)(C)C1CCCCC1(O)c1ccccc1F. The van der Waals surface area contributed by atoms with Crippen LogP contribution in [0.5, 0.6) is 0 Å². The molecule has 0 radical (unpaired) electrons. The summed E-state index contributed by atoms with van der Waals surface area (Å²) < 4.78 is 14.0. The van der Waals surface area contributed by atoms with Crippen molar-refractivity contribution in [3.63, 3.8) is 0 Å². The van der Waals surface area contributed by atoms with Crippen molar-refractivity contribution in [3.05, 3.63) is 35.6 Å². The Labute approximate surface area is 109 Å². The Kier molecular flexibility index (Phi) is 3.50. The lowest BCUT2D eigenvalue weighted by atomic mass is 9.61. The molecular formula is C16H23FO. The summed E-state index contributed by atoms with van der Waals surface area (Å²) in [7, 11) is 0. The average Bonchev–Trinajstić information content (AvgIpc) is 2.28. The van der Waals surface area contributed by atoms with E-state index in [9.17, 15) is 9.50 Å². The molecule has 100 valence electrons. The minimum atomic E-state index is -1.01. The molecule has 1 aliphatic carbocycles. The fourth-order valence-electron chi connectivity index (χ4n) is 3.44. The quantitative estimate of drug-likeness (QED) is 0.790. The van der Waals surface area contributed by atoms with E-state index in [1.54, 1.807) is 12.1 Å². The van der Waals surface area contributed by atoms with Crippen LogP contribution in [0, 0.1) is 17.2 Å². The van der Waals surface area contributed by atoms with Gasteiger partial charge in [-0.05, 0) is 30.2 Å². The largest absolute Gasteiger partial charge is 0.385 e. The molecule has 18 heavy (non-hydrogen) atoms. The second kappa shape index (κ2) is 4.65. The molecule has 0 saturated heterocycles. The van der Waals surface area contributed by atoms with E-state index in [0.717, 1.165) is 19.3 Å². The third-order valence-corrected chi connectivity index (χ3v) is 4.26. The van der Waals surface area contributed by atoms with E-state index < -0.39 is 5.60 Å². The number of benzene rings is 1. The molecule has 0 amide bonds. The first-order chi connectivity index (χ1) is 8.36. The van der Waals surface area contributed by atoms with Crippen LogP contribution in [-0.2, 0) is 5.60 Å². The number of hydrogen-bond acceptors (Lipinski definition) is 1. The van der Waals surface area contributed by atoms with E-state index in [0.29, 0.717) is 12.0 Å². The summed E-state index contributed by atoms with van der Waals surface area (Å²) in [6.45, 7) is 6.40. The number of hydrogen-bond donors (Lipinski definition) is 1. The molecule has 1 aromatic carbocycles. The predicted octanol–water partition coefficient (Wildman–Crippen LogP) is 4.25. The summed E-state index contributed by atoms with van der Waals surface area (Å²) in [5.41, 5.74) is -0.552. The minimum Gasteiger partial charge on any atom is -0.385 e. The van der Waals surface area contributed by atoms with Gasteiger partial charge in [0.2, 0.25) is 0 Å².